The Morgan fingerprint density at radius 2 is 2.06 bits per heavy atom. The third kappa shape index (κ3) is 2.73. The van der Waals surface area contributed by atoms with Crippen LogP contribution < -0.4 is 5.73 Å². The first-order valence-corrected chi connectivity index (χ1v) is 5.89. The molecule has 5 heteroatoms. The van der Waals surface area contributed by atoms with Crippen LogP contribution in [0.25, 0.3) is 11.4 Å². The summed E-state index contributed by atoms with van der Waals surface area (Å²) < 4.78 is 28.4. The number of imidazole rings is 1. The Balaban J connectivity index is 2.25. The second-order valence-corrected chi connectivity index (χ2v) is 4.06. The first-order valence-electron chi connectivity index (χ1n) is 5.89. The van der Waals surface area contributed by atoms with E-state index in [1.165, 1.54) is 12.1 Å². The molecule has 0 atom stereocenters. The summed E-state index contributed by atoms with van der Waals surface area (Å²) in [5.74, 6) is -0.664. The topological polar surface area (TPSA) is 43.8 Å². The summed E-state index contributed by atoms with van der Waals surface area (Å²) in [6.45, 7) is 1.36. The molecule has 2 aromatic rings. The van der Waals surface area contributed by atoms with Gasteiger partial charge in [0.2, 0.25) is 0 Å². The van der Waals surface area contributed by atoms with Gasteiger partial charge in [-0.2, -0.15) is 0 Å². The highest BCUT2D eigenvalue weighted by Crippen LogP contribution is 2.22. The molecule has 0 amide bonds. The third-order valence-electron chi connectivity index (χ3n) is 2.74. The van der Waals surface area contributed by atoms with Crippen molar-refractivity contribution in [3.8, 4) is 11.4 Å². The average molecular weight is 251 g/mol. The number of aromatic nitrogens is 2. The Bertz CT molecular complexity index is 523. The molecule has 0 aliphatic rings. The summed E-state index contributed by atoms with van der Waals surface area (Å²) in [5.41, 5.74) is 5.75. The number of nitrogens with two attached hydrogens (primary N) is 1. The van der Waals surface area contributed by atoms with E-state index in [1.54, 1.807) is 12.4 Å². The summed E-state index contributed by atoms with van der Waals surface area (Å²) >= 11 is 0. The van der Waals surface area contributed by atoms with Crippen molar-refractivity contribution < 1.29 is 8.78 Å². The van der Waals surface area contributed by atoms with Crippen LogP contribution in [0.1, 0.15) is 12.8 Å². The molecule has 0 saturated heterocycles. The van der Waals surface area contributed by atoms with Crippen molar-refractivity contribution in [2.24, 2.45) is 5.73 Å². The van der Waals surface area contributed by atoms with E-state index in [9.17, 15) is 8.78 Å². The normalized spacial score (nSPS) is 10.8. The van der Waals surface area contributed by atoms with E-state index < -0.39 is 11.6 Å². The van der Waals surface area contributed by atoms with Crippen molar-refractivity contribution in [3.05, 3.63) is 42.2 Å². The molecule has 0 radical (unpaired) electrons. The second kappa shape index (κ2) is 5.73. The van der Waals surface area contributed by atoms with E-state index in [-0.39, 0.29) is 0 Å². The maximum Gasteiger partial charge on any atom is 0.142 e. The largest absolute Gasteiger partial charge is 0.331 e. The smallest absolute Gasteiger partial charge is 0.142 e. The Morgan fingerprint density at radius 1 is 1.22 bits per heavy atom. The van der Waals surface area contributed by atoms with Crippen molar-refractivity contribution in [3.63, 3.8) is 0 Å². The van der Waals surface area contributed by atoms with Crippen LogP contribution in [0.15, 0.2) is 30.6 Å². The number of nitrogens with zero attached hydrogens (tertiary/aromatic N) is 2. The lowest BCUT2D eigenvalue weighted by atomic mass is 10.2. The van der Waals surface area contributed by atoms with E-state index >= 15 is 0 Å². The summed E-state index contributed by atoms with van der Waals surface area (Å²) in [6, 6.07) is 3.51. The van der Waals surface area contributed by atoms with Gasteiger partial charge in [0.1, 0.15) is 17.5 Å². The van der Waals surface area contributed by atoms with Gasteiger partial charge in [-0.1, -0.05) is 0 Å². The van der Waals surface area contributed by atoms with Crippen LogP contribution in [0.4, 0.5) is 8.78 Å². The molecule has 1 aromatic heterocycles. The number of aryl methyl sites for hydroxylation is 1. The minimum Gasteiger partial charge on any atom is -0.331 e. The molecule has 3 nitrogen and oxygen atoms in total. The fraction of sp³-hybridized carbons (Fsp3) is 0.308. The van der Waals surface area contributed by atoms with Gasteiger partial charge in [-0.15, -0.1) is 0 Å². The first kappa shape index (κ1) is 12.7. The van der Waals surface area contributed by atoms with Crippen molar-refractivity contribution in [2.75, 3.05) is 6.54 Å². The molecule has 0 aliphatic carbocycles. The molecule has 1 aromatic carbocycles. The van der Waals surface area contributed by atoms with Crippen LogP contribution in [-0.4, -0.2) is 16.1 Å². The average Bonchev–Trinajstić information content (AvgIpc) is 2.78. The van der Waals surface area contributed by atoms with Gasteiger partial charge >= 0.3 is 0 Å². The summed E-state index contributed by atoms with van der Waals surface area (Å²) in [7, 11) is 0. The zero-order valence-corrected chi connectivity index (χ0v) is 9.94. The summed E-state index contributed by atoms with van der Waals surface area (Å²) in [5, 5.41) is 0. The molecule has 0 aliphatic heterocycles. The highest BCUT2D eigenvalue weighted by Gasteiger charge is 2.11. The van der Waals surface area contributed by atoms with Gasteiger partial charge in [0.15, 0.2) is 0 Å². The SMILES string of the molecule is NCCCCn1ccnc1-c1ccc(F)cc1F. The monoisotopic (exact) mass is 251 g/mol. The van der Waals surface area contributed by atoms with E-state index in [1.807, 2.05) is 4.57 Å². The predicted molar refractivity (Wildman–Crippen MR) is 65.9 cm³/mol. The Kier molecular flexibility index (Phi) is 4.04. The Labute approximate surface area is 104 Å². The molecule has 0 unspecified atom stereocenters. The summed E-state index contributed by atoms with van der Waals surface area (Å²) in [4.78, 5) is 4.12. The highest BCUT2D eigenvalue weighted by molar-refractivity contribution is 5.56. The number of benzene rings is 1. The van der Waals surface area contributed by atoms with E-state index in [0.717, 1.165) is 25.5 Å². The third-order valence-corrected chi connectivity index (χ3v) is 2.74. The van der Waals surface area contributed by atoms with Crippen molar-refractivity contribution >= 4 is 0 Å². The van der Waals surface area contributed by atoms with Gasteiger partial charge in [-0.3, -0.25) is 0 Å². The van der Waals surface area contributed by atoms with Crippen LogP contribution >= 0.6 is 0 Å². The van der Waals surface area contributed by atoms with Crippen molar-refractivity contribution in [1.29, 1.82) is 0 Å². The Morgan fingerprint density at radius 3 is 2.78 bits per heavy atom. The molecular formula is C13H15F2N3. The molecule has 2 rings (SSSR count). The number of unbranched alkanes of at least 4 members (excludes halogenated alkanes) is 1. The Hall–Kier alpha value is -1.75. The molecule has 1 heterocycles. The molecule has 0 bridgehead atoms. The minimum absolute atomic E-state index is 0.314. The summed E-state index contributed by atoms with van der Waals surface area (Å²) in [6.07, 6.45) is 5.21. The highest BCUT2D eigenvalue weighted by atomic mass is 19.1. The van der Waals surface area contributed by atoms with Crippen molar-refractivity contribution in [2.45, 2.75) is 19.4 Å². The van der Waals surface area contributed by atoms with E-state index in [4.69, 9.17) is 5.73 Å². The number of rotatable bonds is 5. The van der Waals surface area contributed by atoms with Gasteiger partial charge in [0.05, 0.1) is 5.56 Å². The van der Waals surface area contributed by atoms with Gasteiger partial charge in [0.25, 0.3) is 0 Å². The maximum absolute atomic E-state index is 13.7. The fourth-order valence-electron chi connectivity index (χ4n) is 1.83. The predicted octanol–water partition coefficient (Wildman–Crippen LogP) is 2.57. The molecule has 96 valence electrons. The zero-order valence-electron chi connectivity index (χ0n) is 9.94. The van der Waals surface area contributed by atoms with Gasteiger partial charge in [0, 0.05) is 25.0 Å². The van der Waals surface area contributed by atoms with Gasteiger partial charge < -0.3 is 10.3 Å². The van der Waals surface area contributed by atoms with Crippen LogP contribution in [0.3, 0.4) is 0 Å². The van der Waals surface area contributed by atoms with Crippen molar-refractivity contribution in [1.82, 2.24) is 9.55 Å². The minimum atomic E-state index is -0.596. The molecule has 18 heavy (non-hydrogen) atoms. The lowest BCUT2D eigenvalue weighted by Gasteiger charge is -2.08. The van der Waals surface area contributed by atoms with Crippen LogP contribution in [0.5, 0.6) is 0 Å². The van der Waals surface area contributed by atoms with E-state index in [0.29, 0.717) is 17.9 Å². The molecular weight excluding hydrogens is 236 g/mol. The van der Waals surface area contributed by atoms with Gasteiger partial charge in [-0.25, -0.2) is 13.8 Å². The number of hydrogen-bond acceptors (Lipinski definition) is 2. The van der Waals surface area contributed by atoms with Crippen LogP contribution in [0, 0.1) is 11.6 Å². The molecule has 0 fully saturated rings. The zero-order chi connectivity index (χ0) is 13.0. The fourth-order valence-corrected chi connectivity index (χ4v) is 1.83. The lowest BCUT2D eigenvalue weighted by molar-refractivity contribution is 0.580. The molecule has 0 spiro atoms. The van der Waals surface area contributed by atoms with Crippen LogP contribution in [0.2, 0.25) is 0 Å². The standard InChI is InChI=1S/C13H15F2N3/c14-10-3-4-11(12(15)9-10)13-17-6-8-18(13)7-2-1-5-16/h3-4,6,8-9H,1-2,5,7,16H2. The van der Waals surface area contributed by atoms with Crippen LogP contribution in [-0.2, 0) is 6.54 Å². The second-order valence-electron chi connectivity index (χ2n) is 4.06. The number of halogens is 2. The first-order chi connectivity index (χ1) is 8.72. The van der Waals surface area contributed by atoms with E-state index in [2.05, 4.69) is 4.98 Å². The lowest BCUT2D eigenvalue weighted by Crippen LogP contribution is -2.04. The molecule has 2 N–H and O–H groups in total. The van der Waals surface area contributed by atoms with Gasteiger partial charge in [-0.05, 0) is 31.5 Å². The quantitative estimate of drug-likeness (QED) is 0.830. The molecule has 0 saturated carbocycles. The number of hydrogen-bond donors (Lipinski definition) is 1. The maximum atomic E-state index is 13.7.